The van der Waals surface area contributed by atoms with Crippen LogP contribution in [0.4, 0.5) is 0 Å². The second-order valence-electron chi connectivity index (χ2n) is 9.44. The zero-order chi connectivity index (χ0) is 26.2. The maximum Gasteiger partial charge on any atom is 0.231 e. The summed E-state index contributed by atoms with van der Waals surface area (Å²) in [5.74, 6) is 2.82. The second kappa shape index (κ2) is 10.1. The van der Waals surface area contributed by atoms with E-state index in [0.29, 0.717) is 58.7 Å². The number of aliphatic hydroxyl groups is 1. The van der Waals surface area contributed by atoms with Crippen LogP contribution in [0.1, 0.15) is 44.9 Å². The van der Waals surface area contributed by atoms with Crippen LogP contribution in [0, 0.1) is 5.92 Å². The third-order valence-corrected chi connectivity index (χ3v) is 7.32. The van der Waals surface area contributed by atoms with Gasteiger partial charge in [-0.2, -0.15) is 0 Å². The second-order valence-corrected chi connectivity index (χ2v) is 9.44. The van der Waals surface area contributed by atoms with Gasteiger partial charge in [0.25, 0.3) is 0 Å². The predicted molar refractivity (Wildman–Crippen MR) is 136 cm³/mol. The first-order valence-corrected chi connectivity index (χ1v) is 12.0. The molecular formula is C28H36O8. The number of rotatable bonds is 7. The van der Waals surface area contributed by atoms with Crippen LogP contribution in [-0.4, -0.2) is 52.5 Å². The van der Waals surface area contributed by atoms with Crippen LogP contribution in [-0.2, 0) is 11.2 Å². The van der Waals surface area contributed by atoms with E-state index in [1.807, 2.05) is 45.9 Å². The summed E-state index contributed by atoms with van der Waals surface area (Å²) in [6.45, 7) is 8.22. The number of benzene rings is 2. The highest BCUT2D eigenvalue weighted by molar-refractivity contribution is 5.89. The van der Waals surface area contributed by atoms with Crippen molar-refractivity contribution in [2.75, 3.05) is 41.8 Å². The molecule has 0 bridgehead atoms. The monoisotopic (exact) mass is 500 g/mol. The summed E-state index contributed by atoms with van der Waals surface area (Å²) in [7, 11) is 6.35. The number of allylic oxidation sites excluding steroid dienone is 1. The van der Waals surface area contributed by atoms with Gasteiger partial charge in [-0.25, -0.2) is 0 Å². The highest BCUT2D eigenvalue weighted by atomic mass is 16.7. The number of fused-ring (bicyclic) bond motifs is 4. The fourth-order valence-corrected chi connectivity index (χ4v) is 5.00. The third-order valence-electron chi connectivity index (χ3n) is 7.32. The topological polar surface area (TPSA) is 84.8 Å². The minimum absolute atomic E-state index is 0.0700. The van der Waals surface area contributed by atoms with Gasteiger partial charge in [-0.1, -0.05) is 18.6 Å². The van der Waals surface area contributed by atoms with Crippen molar-refractivity contribution in [1.82, 2.24) is 0 Å². The van der Waals surface area contributed by atoms with E-state index >= 15 is 0 Å². The molecule has 1 N–H and O–H groups in total. The molecule has 0 saturated carbocycles. The van der Waals surface area contributed by atoms with Gasteiger partial charge in [0.1, 0.15) is 6.10 Å². The standard InChI is InChI=1S/C28H36O8/c1-9-15(2)13-34-27-18-12-20-24(36-14-35-20)26(33-8)22(18)21-17(10-16(3)28(27,4)29)11-19(30-5)23(31-6)25(21)32-7/h9,11-12,16,27,29H,10,13-14H2,1-8H3/b15-9-/t16-,27?,28-/m0/s1. The maximum absolute atomic E-state index is 12.0. The molecule has 2 aliphatic rings. The molecular weight excluding hydrogens is 464 g/mol. The summed E-state index contributed by atoms with van der Waals surface area (Å²) in [5, 5.41) is 12.0. The van der Waals surface area contributed by atoms with Crippen LogP contribution in [0.3, 0.4) is 0 Å². The molecule has 2 aromatic carbocycles. The smallest absolute Gasteiger partial charge is 0.231 e. The summed E-state index contributed by atoms with van der Waals surface area (Å²) < 4.78 is 41.3. The average Bonchev–Trinajstić information content (AvgIpc) is 3.34. The summed E-state index contributed by atoms with van der Waals surface area (Å²) in [6.07, 6.45) is 1.82. The first-order valence-electron chi connectivity index (χ1n) is 12.0. The van der Waals surface area contributed by atoms with Gasteiger partial charge < -0.3 is 38.3 Å². The van der Waals surface area contributed by atoms with Crippen molar-refractivity contribution in [3.63, 3.8) is 0 Å². The lowest BCUT2D eigenvalue weighted by Crippen LogP contribution is -2.43. The quantitative estimate of drug-likeness (QED) is 0.527. The van der Waals surface area contributed by atoms with E-state index in [9.17, 15) is 5.11 Å². The first kappa shape index (κ1) is 26.0. The van der Waals surface area contributed by atoms with Gasteiger partial charge in [0.15, 0.2) is 23.0 Å². The Kier molecular flexibility index (Phi) is 7.29. The van der Waals surface area contributed by atoms with Crippen LogP contribution in [0.15, 0.2) is 23.8 Å². The van der Waals surface area contributed by atoms with E-state index in [0.717, 1.165) is 16.7 Å². The van der Waals surface area contributed by atoms with Crippen molar-refractivity contribution in [3.05, 3.63) is 34.9 Å². The van der Waals surface area contributed by atoms with Gasteiger partial charge >= 0.3 is 0 Å². The lowest BCUT2D eigenvalue weighted by molar-refractivity contribution is -0.125. The summed E-state index contributed by atoms with van der Waals surface area (Å²) in [6, 6.07) is 3.81. The molecule has 8 heteroatoms. The van der Waals surface area contributed by atoms with Crippen molar-refractivity contribution < 1.29 is 38.3 Å². The Hall–Kier alpha value is -3.10. The highest BCUT2D eigenvalue weighted by Crippen LogP contribution is 2.59. The zero-order valence-electron chi connectivity index (χ0n) is 22.3. The molecule has 0 amide bonds. The van der Waals surface area contributed by atoms with Crippen LogP contribution in [0.2, 0.25) is 0 Å². The first-order chi connectivity index (χ1) is 17.2. The molecule has 4 rings (SSSR count). The Morgan fingerprint density at radius 2 is 1.72 bits per heavy atom. The molecule has 0 aromatic heterocycles. The van der Waals surface area contributed by atoms with Gasteiger partial charge in [-0.3, -0.25) is 0 Å². The van der Waals surface area contributed by atoms with Gasteiger partial charge in [-0.15, -0.1) is 0 Å². The minimum atomic E-state index is -1.24. The molecule has 2 aromatic rings. The summed E-state index contributed by atoms with van der Waals surface area (Å²) >= 11 is 0. The van der Waals surface area contributed by atoms with E-state index in [1.54, 1.807) is 28.4 Å². The molecule has 0 radical (unpaired) electrons. The Morgan fingerprint density at radius 1 is 1.03 bits per heavy atom. The fourth-order valence-electron chi connectivity index (χ4n) is 5.00. The molecule has 0 fully saturated rings. The summed E-state index contributed by atoms with van der Waals surface area (Å²) in [4.78, 5) is 0. The van der Waals surface area contributed by atoms with Crippen LogP contribution in [0.5, 0.6) is 34.5 Å². The van der Waals surface area contributed by atoms with E-state index in [4.69, 9.17) is 33.2 Å². The Bertz CT molecular complexity index is 1170. The van der Waals surface area contributed by atoms with Crippen molar-refractivity contribution in [2.24, 2.45) is 5.92 Å². The van der Waals surface area contributed by atoms with Crippen LogP contribution in [0.25, 0.3) is 11.1 Å². The Morgan fingerprint density at radius 3 is 2.33 bits per heavy atom. The highest BCUT2D eigenvalue weighted by Gasteiger charge is 2.45. The normalized spacial score (nSPS) is 22.8. The molecule has 1 aliphatic carbocycles. The largest absolute Gasteiger partial charge is 0.493 e. The van der Waals surface area contributed by atoms with E-state index in [2.05, 4.69) is 0 Å². The minimum Gasteiger partial charge on any atom is -0.493 e. The Balaban J connectivity index is 2.14. The van der Waals surface area contributed by atoms with Crippen LogP contribution < -0.4 is 28.4 Å². The van der Waals surface area contributed by atoms with Crippen molar-refractivity contribution in [2.45, 2.75) is 45.8 Å². The molecule has 1 aliphatic heterocycles. The molecule has 8 nitrogen and oxygen atoms in total. The lowest BCUT2D eigenvalue weighted by Gasteiger charge is -2.41. The fraction of sp³-hybridized carbons (Fsp3) is 0.500. The molecule has 196 valence electrons. The molecule has 0 saturated heterocycles. The molecule has 36 heavy (non-hydrogen) atoms. The Labute approximate surface area is 212 Å². The maximum atomic E-state index is 12.0. The van der Waals surface area contributed by atoms with Crippen molar-refractivity contribution in [3.8, 4) is 45.6 Å². The van der Waals surface area contributed by atoms with Crippen LogP contribution >= 0.6 is 0 Å². The number of hydrogen-bond acceptors (Lipinski definition) is 8. The molecule has 3 atom stereocenters. The molecule has 1 heterocycles. The number of ether oxygens (including phenoxy) is 7. The summed E-state index contributed by atoms with van der Waals surface area (Å²) in [5.41, 5.74) is 2.92. The number of hydrogen-bond donors (Lipinski definition) is 1. The van der Waals surface area contributed by atoms with Gasteiger partial charge in [0.05, 0.1) is 40.6 Å². The van der Waals surface area contributed by atoms with Crippen molar-refractivity contribution >= 4 is 0 Å². The third kappa shape index (κ3) is 4.12. The zero-order valence-corrected chi connectivity index (χ0v) is 22.3. The number of methoxy groups -OCH3 is 4. The van der Waals surface area contributed by atoms with Gasteiger partial charge in [0, 0.05) is 11.1 Å². The van der Waals surface area contributed by atoms with E-state index in [1.165, 1.54) is 0 Å². The van der Waals surface area contributed by atoms with Gasteiger partial charge in [-0.05, 0) is 56.4 Å². The molecule has 0 spiro atoms. The SMILES string of the molecule is C/C=C(/C)COC1c2cc3c(c(OC)c2-c2c(cc(OC)c(OC)c2OC)C[C@H](C)[C@]1(C)O)OCO3. The molecule has 1 unspecified atom stereocenters. The van der Waals surface area contributed by atoms with Crippen molar-refractivity contribution in [1.29, 1.82) is 0 Å². The average molecular weight is 501 g/mol. The van der Waals surface area contributed by atoms with Gasteiger partial charge in [0.2, 0.25) is 18.3 Å². The van der Waals surface area contributed by atoms with E-state index in [-0.39, 0.29) is 12.7 Å². The predicted octanol–water partition coefficient (Wildman–Crippen LogP) is 5.08. The van der Waals surface area contributed by atoms with E-state index < -0.39 is 11.7 Å². The lowest BCUT2D eigenvalue weighted by atomic mass is 9.73.